The number of hydrogen-bond donors (Lipinski definition) is 1. The molecule has 0 saturated carbocycles. The fourth-order valence-corrected chi connectivity index (χ4v) is 2.29. The first-order chi connectivity index (χ1) is 6.93. The summed E-state index contributed by atoms with van der Waals surface area (Å²) in [4.78, 5) is 0. The van der Waals surface area contributed by atoms with E-state index in [9.17, 15) is 5.11 Å². The van der Waals surface area contributed by atoms with E-state index in [1.807, 2.05) is 6.92 Å². The van der Waals surface area contributed by atoms with E-state index in [0.29, 0.717) is 6.42 Å². The topological polar surface area (TPSA) is 38.7 Å². The molecule has 1 N–H and O–H groups in total. The second kappa shape index (κ2) is 7.38. The Morgan fingerprint density at radius 1 is 1.40 bits per heavy atom. The third kappa shape index (κ3) is 7.06. The Morgan fingerprint density at radius 3 is 2.40 bits per heavy atom. The summed E-state index contributed by atoms with van der Waals surface area (Å²) >= 11 is 0. The number of ether oxygens (including phenoxy) is 1. The minimum Gasteiger partial charge on any atom is -0.396 e. The molecule has 0 bridgehead atoms. The maximum Gasteiger partial charge on any atom is 0.174 e. The van der Waals surface area contributed by atoms with Crippen LogP contribution in [0.5, 0.6) is 0 Å². The van der Waals surface area contributed by atoms with E-state index in [2.05, 4.69) is 20.0 Å². The van der Waals surface area contributed by atoms with Gasteiger partial charge >= 0.3 is 0 Å². The lowest BCUT2D eigenvalue weighted by atomic mass is 9.95. The van der Waals surface area contributed by atoms with Gasteiger partial charge in [0.25, 0.3) is 0 Å². The highest BCUT2D eigenvalue weighted by Crippen LogP contribution is 2.24. The quantitative estimate of drug-likeness (QED) is 0.517. The molecule has 0 amide bonds. The van der Waals surface area contributed by atoms with Crippen molar-refractivity contribution in [3.63, 3.8) is 0 Å². The summed E-state index contributed by atoms with van der Waals surface area (Å²) in [6.45, 7) is 8.31. The Labute approximate surface area is 95.5 Å². The molecule has 0 spiro atoms. The summed E-state index contributed by atoms with van der Waals surface area (Å²) in [6.07, 6.45) is 3.14. The van der Waals surface area contributed by atoms with Crippen LogP contribution in [-0.4, -0.2) is 33.1 Å². The molecule has 0 heterocycles. The summed E-state index contributed by atoms with van der Waals surface area (Å²) in [5, 5.41) is 9.72. The second-order valence-corrected chi connectivity index (χ2v) is 6.97. The molecular formula is C11H26O3Si. The van der Waals surface area contributed by atoms with Crippen LogP contribution in [0, 0.1) is 0 Å². The van der Waals surface area contributed by atoms with Crippen molar-refractivity contribution in [2.75, 3.05) is 7.11 Å². The van der Waals surface area contributed by atoms with Gasteiger partial charge in [-0.1, -0.05) is 19.8 Å². The standard InChI is InChI=1S/C11H26O3Si/c1-6-7-8-11(2,13-3)9-10(12)14-15(4)5/h10,12,15H,6-9H2,1-5H3. The molecule has 0 fully saturated rings. The van der Waals surface area contributed by atoms with Crippen molar-refractivity contribution in [3.8, 4) is 0 Å². The van der Waals surface area contributed by atoms with Gasteiger partial charge in [0.1, 0.15) is 6.29 Å². The highest BCUT2D eigenvalue weighted by molar-refractivity contribution is 6.48. The minimum atomic E-state index is -1.16. The average Bonchev–Trinajstić information content (AvgIpc) is 2.13. The van der Waals surface area contributed by atoms with Gasteiger partial charge in [0.15, 0.2) is 9.04 Å². The third-order valence-electron chi connectivity index (χ3n) is 2.59. The molecule has 0 aliphatic rings. The van der Waals surface area contributed by atoms with Crippen LogP contribution < -0.4 is 0 Å². The van der Waals surface area contributed by atoms with Crippen molar-refractivity contribution < 1.29 is 14.3 Å². The first-order valence-electron chi connectivity index (χ1n) is 5.82. The highest BCUT2D eigenvalue weighted by Gasteiger charge is 2.27. The van der Waals surface area contributed by atoms with E-state index in [4.69, 9.17) is 9.16 Å². The zero-order valence-corrected chi connectivity index (χ0v) is 11.9. The number of aliphatic hydroxyl groups excluding tert-OH is 1. The van der Waals surface area contributed by atoms with Crippen LogP contribution >= 0.6 is 0 Å². The van der Waals surface area contributed by atoms with Gasteiger partial charge in [0.05, 0.1) is 5.60 Å². The number of rotatable bonds is 8. The number of hydrogen-bond acceptors (Lipinski definition) is 3. The van der Waals surface area contributed by atoms with Crippen LogP contribution in [-0.2, 0) is 9.16 Å². The van der Waals surface area contributed by atoms with Gasteiger partial charge < -0.3 is 14.3 Å². The summed E-state index contributed by atoms with van der Waals surface area (Å²) in [7, 11) is 0.542. The third-order valence-corrected chi connectivity index (χ3v) is 3.45. The molecule has 2 unspecified atom stereocenters. The molecule has 0 rings (SSSR count). The van der Waals surface area contributed by atoms with E-state index in [1.165, 1.54) is 0 Å². The lowest BCUT2D eigenvalue weighted by Crippen LogP contribution is -2.35. The molecule has 4 heteroatoms. The number of methoxy groups -OCH3 is 1. The number of aliphatic hydroxyl groups is 1. The summed E-state index contributed by atoms with van der Waals surface area (Å²) in [6, 6.07) is 0. The Balaban J connectivity index is 4.05. The van der Waals surface area contributed by atoms with Crippen LogP contribution in [0.25, 0.3) is 0 Å². The van der Waals surface area contributed by atoms with E-state index in [1.54, 1.807) is 7.11 Å². The van der Waals surface area contributed by atoms with Gasteiger partial charge in [-0.25, -0.2) is 0 Å². The Hall–Kier alpha value is 0.0969. The first kappa shape index (κ1) is 15.1. The van der Waals surface area contributed by atoms with Gasteiger partial charge in [-0.05, 0) is 26.4 Å². The summed E-state index contributed by atoms with van der Waals surface area (Å²) in [5.74, 6) is 0. The fraction of sp³-hybridized carbons (Fsp3) is 1.00. The van der Waals surface area contributed by atoms with Crippen LogP contribution in [0.2, 0.25) is 13.1 Å². The Bertz CT molecular complexity index is 164. The van der Waals surface area contributed by atoms with Crippen LogP contribution in [0.4, 0.5) is 0 Å². The Kier molecular flexibility index (Phi) is 7.43. The van der Waals surface area contributed by atoms with Crippen LogP contribution in [0.3, 0.4) is 0 Å². The molecule has 0 aliphatic carbocycles. The lowest BCUT2D eigenvalue weighted by molar-refractivity contribution is -0.101. The molecule has 2 atom stereocenters. The van der Waals surface area contributed by atoms with E-state index >= 15 is 0 Å². The monoisotopic (exact) mass is 234 g/mol. The van der Waals surface area contributed by atoms with Gasteiger partial charge in [-0.15, -0.1) is 0 Å². The molecule has 15 heavy (non-hydrogen) atoms. The van der Waals surface area contributed by atoms with Crippen molar-refractivity contribution in [2.45, 2.75) is 64.5 Å². The van der Waals surface area contributed by atoms with E-state index in [0.717, 1.165) is 19.3 Å². The molecule has 0 radical (unpaired) electrons. The molecule has 0 aromatic carbocycles. The van der Waals surface area contributed by atoms with E-state index in [-0.39, 0.29) is 5.60 Å². The van der Waals surface area contributed by atoms with Crippen molar-refractivity contribution in [1.82, 2.24) is 0 Å². The molecular weight excluding hydrogens is 208 g/mol. The van der Waals surface area contributed by atoms with Crippen molar-refractivity contribution >= 4 is 9.04 Å². The fourth-order valence-electron chi connectivity index (χ4n) is 1.57. The first-order valence-corrected chi connectivity index (χ1v) is 8.60. The molecule has 0 aliphatic heterocycles. The SMILES string of the molecule is CCCCC(C)(CC(O)O[SiH](C)C)OC. The minimum absolute atomic E-state index is 0.251. The normalized spacial score (nSPS) is 17.8. The summed E-state index contributed by atoms with van der Waals surface area (Å²) < 4.78 is 10.9. The molecule has 92 valence electrons. The maximum atomic E-state index is 9.72. The zero-order chi connectivity index (χ0) is 11.9. The maximum absolute atomic E-state index is 9.72. The average molecular weight is 234 g/mol. The highest BCUT2D eigenvalue weighted by atomic mass is 28.3. The van der Waals surface area contributed by atoms with Gasteiger partial charge in [0, 0.05) is 13.5 Å². The molecule has 0 aromatic rings. The number of unbranched alkanes of at least 4 members (excludes halogenated alkanes) is 1. The van der Waals surface area contributed by atoms with Crippen molar-refractivity contribution in [1.29, 1.82) is 0 Å². The predicted octanol–water partition coefficient (Wildman–Crippen LogP) is 2.29. The Morgan fingerprint density at radius 2 is 2.00 bits per heavy atom. The lowest BCUT2D eigenvalue weighted by Gasteiger charge is -2.31. The van der Waals surface area contributed by atoms with Gasteiger partial charge in [0.2, 0.25) is 0 Å². The zero-order valence-electron chi connectivity index (χ0n) is 10.7. The summed E-state index contributed by atoms with van der Waals surface area (Å²) in [5.41, 5.74) is -0.251. The second-order valence-electron chi connectivity index (χ2n) is 4.60. The largest absolute Gasteiger partial charge is 0.396 e. The molecule has 0 aromatic heterocycles. The molecule has 3 nitrogen and oxygen atoms in total. The van der Waals surface area contributed by atoms with Crippen LogP contribution in [0.1, 0.15) is 39.5 Å². The van der Waals surface area contributed by atoms with Gasteiger partial charge in [-0.3, -0.25) is 0 Å². The van der Waals surface area contributed by atoms with Gasteiger partial charge in [-0.2, -0.15) is 0 Å². The van der Waals surface area contributed by atoms with Crippen LogP contribution in [0.15, 0.2) is 0 Å². The van der Waals surface area contributed by atoms with Crippen molar-refractivity contribution in [2.24, 2.45) is 0 Å². The predicted molar refractivity (Wildman–Crippen MR) is 65.5 cm³/mol. The molecule has 0 saturated heterocycles. The smallest absolute Gasteiger partial charge is 0.174 e. The van der Waals surface area contributed by atoms with Crippen molar-refractivity contribution in [3.05, 3.63) is 0 Å². The van der Waals surface area contributed by atoms with E-state index < -0.39 is 15.3 Å².